The molecule has 6 aromatic heterocycles. The topological polar surface area (TPSA) is 391 Å². The molecule has 0 saturated carbocycles. The van der Waals surface area contributed by atoms with Gasteiger partial charge in [-0.25, -0.2) is 0 Å². The van der Waals surface area contributed by atoms with Gasteiger partial charge in [0.05, 0.1) is 76.7 Å². The van der Waals surface area contributed by atoms with Crippen LogP contribution < -0.4 is 0 Å². The van der Waals surface area contributed by atoms with Gasteiger partial charge in [-0.3, -0.25) is 28.8 Å². The number of hydrogen-bond acceptors (Lipinski definition) is 30. The molecule has 30 nitrogen and oxygen atoms in total. The molecule has 10 aromatic rings. The lowest BCUT2D eigenvalue weighted by Gasteiger charge is -2.09. The van der Waals surface area contributed by atoms with E-state index in [9.17, 15) is 28.8 Å². The first kappa shape index (κ1) is 73.3. The Labute approximate surface area is 585 Å². The molecule has 10 rings (SSSR count). The van der Waals surface area contributed by atoms with Crippen LogP contribution in [0.4, 0.5) is 0 Å². The van der Waals surface area contributed by atoms with Crippen molar-refractivity contribution < 1.29 is 84.3 Å². The first-order chi connectivity index (χ1) is 49.6. The fraction of sp³-hybridized carbons (Fsp3) is 0.417. The molecule has 0 radical (unpaired) electrons. The molecule has 3 unspecified atom stereocenters. The maximum atomic E-state index is 12.5. The van der Waals surface area contributed by atoms with Gasteiger partial charge in [0.15, 0.2) is 0 Å². The van der Waals surface area contributed by atoms with E-state index in [1.165, 1.54) is 0 Å². The van der Waals surface area contributed by atoms with Crippen LogP contribution in [-0.2, 0) is 76.5 Å². The summed E-state index contributed by atoms with van der Waals surface area (Å²) >= 11 is 0. The highest BCUT2D eigenvalue weighted by molar-refractivity contribution is 5.78. The Morgan fingerprint density at radius 1 is 0.314 bits per heavy atom. The van der Waals surface area contributed by atoms with E-state index in [4.69, 9.17) is 70.5 Å². The summed E-state index contributed by atoms with van der Waals surface area (Å²) in [5.41, 5.74) is 4.58. The minimum Gasteiger partial charge on any atom is -0.466 e. The Hall–Kier alpha value is -11.5. The average molecular weight is 1400 g/mol. The molecule has 4 aromatic carbocycles. The zero-order valence-corrected chi connectivity index (χ0v) is 57.5. The van der Waals surface area contributed by atoms with E-state index in [1.54, 1.807) is 91.0 Å². The molecule has 0 amide bonds. The van der Waals surface area contributed by atoms with Crippen molar-refractivity contribution in [2.45, 2.75) is 138 Å². The summed E-state index contributed by atoms with van der Waals surface area (Å²) < 4.78 is 66.2. The molecule has 0 bridgehead atoms. The van der Waals surface area contributed by atoms with Crippen LogP contribution in [0, 0.1) is 17.8 Å². The van der Waals surface area contributed by atoms with E-state index in [0.29, 0.717) is 108 Å². The highest BCUT2D eigenvalue weighted by Gasteiger charge is 2.24. The monoisotopic (exact) mass is 1400 g/mol. The van der Waals surface area contributed by atoms with Crippen molar-refractivity contribution in [1.82, 2.24) is 60.8 Å². The zero-order valence-electron chi connectivity index (χ0n) is 57.5. The van der Waals surface area contributed by atoms with Gasteiger partial charge in [-0.1, -0.05) is 127 Å². The number of benzene rings is 4. The van der Waals surface area contributed by atoms with E-state index >= 15 is 0 Å². The third-order valence-corrected chi connectivity index (χ3v) is 16.3. The molecule has 3 atom stereocenters. The molecular formula is C72H78N12O18. The van der Waals surface area contributed by atoms with Crippen molar-refractivity contribution in [3.63, 3.8) is 0 Å². The fourth-order valence-electron chi connectivity index (χ4n) is 9.64. The maximum Gasteiger partial charge on any atom is 0.308 e. The van der Waals surface area contributed by atoms with Gasteiger partial charge in [0, 0.05) is 69.3 Å². The number of hydrogen-bond donors (Lipinski definition) is 0. The highest BCUT2D eigenvalue weighted by atomic mass is 16.6. The van der Waals surface area contributed by atoms with Gasteiger partial charge in [-0.05, 0) is 94.2 Å². The summed E-state index contributed by atoms with van der Waals surface area (Å²) in [6.07, 6.45) is 5.93. The van der Waals surface area contributed by atoms with Crippen LogP contribution in [0.5, 0.6) is 0 Å². The molecule has 0 N–H and O–H groups in total. The maximum absolute atomic E-state index is 12.5. The third-order valence-electron chi connectivity index (χ3n) is 16.3. The Bertz CT molecular complexity index is 3980. The van der Waals surface area contributed by atoms with Gasteiger partial charge in [-0.2, -0.15) is 29.9 Å². The molecule has 0 spiro atoms. The fourth-order valence-corrected chi connectivity index (χ4v) is 9.64. The van der Waals surface area contributed by atoms with Crippen molar-refractivity contribution in [3.05, 3.63) is 109 Å². The number of esters is 6. The SMILES string of the molecule is CCC(C)C(=O)OCCCCOC(=O)CCc1nc(-c2cccc(-c3noc(-c4cc(-c5nc(-c6cccc(-c7noc(CCC(=O)OCCCCOC(=O)C(C)CC)n7)c6)no5)cc(-c5nc(-c6cccc(-c7noc(CCC(=O)OCCCCOC(=O)C(C)CC)n7)c6)no5)c4)n3)c2)no1. The van der Waals surface area contributed by atoms with Gasteiger partial charge in [-0.15, -0.1) is 0 Å². The van der Waals surface area contributed by atoms with Crippen LogP contribution in [0.15, 0.2) is 118 Å². The van der Waals surface area contributed by atoms with Crippen LogP contribution in [-0.4, -0.2) is 136 Å². The van der Waals surface area contributed by atoms with Gasteiger partial charge in [0.25, 0.3) is 17.7 Å². The summed E-state index contributed by atoms with van der Waals surface area (Å²) in [6, 6.07) is 26.5. The smallest absolute Gasteiger partial charge is 0.308 e. The highest BCUT2D eigenvalue weighted by Crippen LogP contribution is 2.36. The quantitative estimate of drug-likeness (QED) is 0.0196. The van der Waals surface area contributed by atoms with Crippen LogP contribution >= 0.6 is 0 Å². The zero-order chi connectivity index (χ0) is 71.7. The molecule has 30 heteroatoms. The normalized spacial score (nSPS) is 12.2. The van der Waals surface area contributed by atoms with E-state index in [1.807, 2.05) is 41.5 Å². The number of aromatic nitrogens is 12. The molecule has 0 aliphatic rings. The van der Waals surface area contributed by atoms with Crippen molar-refractivity contribution in [3.8, 4) is 103 Å². The number of carbonyl (C=O) groups is 6. The van der Waals surface area contributed by atoms with Gasteiger partial charge in [0.1, 0.15) is 0 Å². The van der Waals surface area contributed by atoms with Gasteiger partial charge >= 0.3 is 35.8 Å². The predicted octanol–water partition coefficient (Wildman–Crippen LogP) is 12.5. The second kappa shape index (κ2) is 36.6. The first-order valence-electron chi connectivity index (χ1n) is 34.0. The minimum absolute atomic E-state index is 0.0143. The molecule has 0 aliphatic carbocycles. The molecule has 102 heavy (non-hydrogen) atoms. The summed E-state index contributed by atoms with van der Waals surface area (Å²) in [5, 5.41) is 25.5. The van der Waals surface area contributed by atoms with Crippen LogP contribution in [0.2, 0.25) is 0 Å². The minimum atomic E-state index is -0.430. The lowest BCUT2D eigenvalue weighted by Crippen LogP contribution is -2.15. The molecule has 6 heterocycles. The lowest BCUT2D eigenvalue weighted by molar-refractivity contribution is -0.149. The lowest BCUT2D eigenvalue weighted by atomic mass is 10.0. The number of nitrogens with zero attached hydrogens (tertiary/aromatic N) is 12. The number of rotatable bonds is 39. The number of aryl methyl sites for hydroxylation is 3. The predicted molar refractivity (Wildman–Crippen MR) is 359 cm³/mol. The van der Waals surface area contributed by atoms with E-state index in [-0.39, 0.29) is 184 Å². The van der Waals surface area contributed by atoms with Crippen molar-refractivity contribution in [2.75, 3.05) is 39.6 Å². The van der Waals surface area contributed by atoms with E-state index in [2.05, 4.69) is 45.9 Å². The first-order valence-corrected chi connectivity index (χ1v) is 34.0. The Balaban J connectivity index is 0.819. The van der Waals surface area contributed by atoms with Gasteiger partial charge < -0.3 is 55.6 Å². The second-order valence-electron chi connectivity index (χ2n) is 24.1. The number of unbranched alkanes of at least 4 members (excludes halogenated alkanes) is 3. The second-order valence-corrected chi connectivity index (χ2v) is 24.1. The Kier molecular flexibility index (Phi) is 26.3. The van der Waals surface area contributed by atoms with Crippen LogP contribution in [0.3, 0.4) is 0 Å². The van der Waals surface area contributed by atoms with E-state index in [0.717, 1.165) is 0 Å². The number of carbonyl (C=O) groups excluding carboxylic acids is 6. The van der Waals surface area contributed by atoms with Crippen LogP contribution in [0.25, 0.3) is 103 Å². The molecule has 0 saturated heterocycles. The van der Waals surface area contributed by atoms with Crippen molar-refractivity contribution >= 4 is 35.8 Å². The summed E-state index contributed by atoms with van der Waals surface area (Å²) in [5.74, 6) is -0.0660. The van der Waals surface area contributed by atoms with Gasteiger partial charge in [0.2, 0.25) is 52.6 Å². The largest absolute Gasteiger partial charge is 0.466 e. The molecule has 0 fully saturated rings. The molecule has 0 aliphatic heterocycles. The summed E-state index contributed by atoms with van der Waals surface area (Å²) in [4.78, 5) is 101. The van der Waals surface area contributed by atoms with Crippen LogP contribution in [0.1, 0.15) is 136 Å². The summed E-state index contributed by atoms with van der Waals surface area (Å²) in [7, 11) is 0. The van der Waals surface area contributed by atoms with Crippen molar-refractivity contribution in [1.29, 1.82) is 0 Å². The Morgan fingerprint density at radius 2 is 0.539 bits per heavy atom. The summed E-state index contributed by atoms with van der Waals surface area (Å²) in [6.45, 7) is 12.6. The Morgan fingerprint density at radius 3 is 0.794 bits per heavy atom. The molecule has 534 valence electrons. The standard InChI is InChI=1S/C72H78N12O18/c1-7-43(4)70(88)94-34-13-10-31-91-58(85)28-25-55-73-61(79-97-55)46-19-16-22-49(37-46)64-76-67(100-82-64)52-40-53(68-77-65(83-101-68)50-23-17-20-47(38-50)62-74-56(98-80-62)26-29-59(86)92-32-11-14-35-95-71(89)44(5)8-2)42-54(41-52)69-78-66(84-102-69)51-24-18-21-48(39-51)63-75-57(99-81-63)27-30-60(87)93-33-12-15-36-96-72(90)45(6)9-3/h16-24,37-45H,7-15,25-36H2,1-6H3. The van der Waals surface area contributed by atoms with Crippen molar-refractivity contribution in [2.24, 2.45) is 17.8 Å². The third kappa shape index (κ3) is 20.8. The average Bonchev–Trinajstić information content (AvgIpc) is 1.53. The number of ether oxygens (including phenoxy) is 6. The van der Waals surface area contributed by atoms with E-state index < -0.39 is 17.9 Å². The molecular weight excluding hydrogens is 1320 g/mol.